The summed E-state index contributed by atoms with van der Waals surface area (Å²) in [5.41, 5.74) is -0.285. The van der Waals surface area contributed by atoms with E-state index in [-0.39, 0.29) is 11.6 Å². The summed E-state index contributed by atoms with van der Waals surface area (Å²) in [5, 5.41) is 7.39. The molecule has 17 heavy (non-hydrogen) atoms. The Morgan fingerprint density at radius 1 is 1.53 bits per heavy atom. The van der Waals surface area contributed by atoms with Crippen molar-refractivity contribution >= 4 is 0 Å². The highest BCUT2D eigenvalue weighted by Crippen LogP contribution is 2.42. The second-order valence-corrected chi connectivity index (χ2v) is 4.68. The molecule has 1 atom stereocenters. The van der Waals surface area contributed by atoms with Gasteiger partial charge in [-0.2, -0.15) is 4.98 Å². The Kier molecular flexibility index (Phi) is 3.79. The molecule has 1 aliphatic carbocycles. The van der Waals surface area contributed by atoms with Crippen LogP contribution in [0.5, 0.6) is 0 Å². The summed E-state index contributed by atoms with van der Waals surface area (Å²) in [5.74, 6) is 1.35. The minimum atomic E-state index is -0.285. The monoisotopic (exact) mass is 239 g/mol. The van der Waals surface area contributed by atoms with Gasteiger partial charge in [-0.3, -0.25) is 0 Å². The number of nitrogens with zero attached hydrogens (tertiary/aromatic N) is 2. The van der Waals surface area contributed by atoms with E-state index in [0.717, 1.165) is 25.8 Å². The van der Waals surface area contributed by atoms with Gasteiger partial charge in [0.25, 0.3) is 0 Å². The third-order valence-corrected chi connectivity index (χ3v) is 3.47. The van der Waals surface area contributed by atoms with Gasteiger partial charge in [-0.05, 0) is 39.2 Å². The molecule has 1 heterocycles. The molecule has 2 rings (SSSR count). The molecule has 5 nitrogen and oxygen atoms in total. The van der Waals surface area contributed by atoms with Crippen LogP contribution in [0.1, 0.15) is 57.3 Å². The summed E-state index contributed by atoms with van der Waals surface area (Å²) in [4.78, 5) is 4.46. The third kappa shape index (κ3) is 2.35. The molecule has 1 fully saturated rings. The van der Waals surface area contributed by atoms with Crippen molar-refractivity contribution in [3.05, 3.63) is 11.7 Å². The normalized spacial score (nSPS) is 19.9. The lowest BCUT2D eigenvalue weighted by atomic mass is 9.79. The van der Waals surface area contributed by atoms with Gasteiger partial charge in [0.1, 0.15) is 5.60 Å². The van der Waals surface area contributed by atoms with Gasteiger partial charge in [0.2, 0.25) is 11.7 Å². The molecule has 96 valence electrons. The van der Waals surface area contributed by atoms with Crippen molar-refractivity contribution in [2.75, 3.05) is 13.7 Å². The molecule has 5 heteroatoms. The molecule has 1 unspecified atom stereocenters. The lowest BCUT2D eigenvalue weighted by molar-refractivity contribution is -0.0858. The maximum Gasteiger partial charge on any atom is 0.243 e. The van der Waals surface area contributed by atoms with E-state index >= 15 is 0 Å². The summed E-state index contributed by atoms with van der Waals surface area (Å²) < 4.78 is 10.8. The van der Waals surface area contributed by atoms with Gasteiger partial charge in [0.15, 0.2) is 0 Å². The SMILES string of the molecule is CCCNC(C)c1nc(C2(OC)CCC2)no1. The number of methoxy groups -OCH3 is 1. The number of ether oxygens (including phenoxy) is 1. The quantitative estimate of drug-likeness (QED) is 0.824. The topological polar surface area (TPSA) is 60.2 Å². The lowest BCUT2D eigenvalue weighted by Gasteiger charge is -2.37. The first kappa shape index (κ1) is 12.5. The van der Waals surface area contributed by atoms with E-state index in [1.54, 1.807) is 7.11 Å². The highest BCUT2D eigenvalue weighted by molar-refractivity contribution is 5.07. The molecule has 1 N–H and O–H groups in total. The maximum atomic E-state index is 5.53. The fraction of sp³-hybridized carbons (Fsp3) is 0.833. The van der Waals surface area contributed by atoms with Crippen LogP contribution in [0.4, 0.5) is 0 Å². The molecule has 0 amide bonds. The van der Waals surface area contributed by atoms with Crippen LogP contribution < -0.4 is 5.32 Å². The lowest BCUT2D eigenvalue weighted by Crippen LogP contribution is -2.37. The van der Waals surface area contributed by atoms with E-state index in [0.29, 0.717) is 11.7 Å². The Bertz CT molecular complexity index is 355. The van der Waals surface area contributed by atoms with E-state index < -0.39 is 0 Å². The van der Waals surface area contributed by atoms with Crippen LogP contribution in [0.3, 0.4) is 0 Å². The molecule has 0 bridgehead atoms. The van der Waals surface area contributed by atoms with E-state index in [1.165, 1.54) is 6.42 Å². The summed E-state index contributed by atoms with van der Waals surface area (Å²) in [6.45, 7) is 5.12. The summed E-state index contributed by atoms with van der Waals surface area (Å²) in [6, 6.07) is 0.102. The van der Waals surface area contributed by atoms with Crippen LogP contribution in [-0.4, -0.2) is 23.8 Å². The maximum absolute atomic E-state index is 5.53. The molecular weight excluding hydrogens is 218 g/mol. The van der Waals surface area contributed by atoms with E-state index in [4.69, 9.17) is 9.26 Å². The molecule has 0 spiro atoms. The minimum absolute atomic E-state index is 0.102. The van der Waals surface area contributed by atoms with Crippen molar-refractivity contribution in [1.29, 1.82) is 0 Å². The molecule has 1 aliphatic rings. The zero-order valence-electron chi connectivity index (χ0n) is 10.8. The number of rotatable bonds is 6. The van der Waals surface area contributed by atoms with Crippen molar-refractivity contribution < 1.29 is 9.26 Å². The van der Waals surface area contributed by atoms with Crippen molar-refractivity contribution in [3.63, 3.8) is 0 Å². The number of nitrogens with one attached hydrogen (secondary N) is 1. The van der Waals surface area contributed by atoms with Gasteiger partial charge in [-0.15, -0.1) is 0 Å². The second-order valence-electron chi connectivity index (χ2n) is 4.68. The van der Waals surface area contributed by atoms with Crippen LogP contribution in [0.15, 0.2) is 4.52 Å². The molecule has 1 aromatic rings. The summed E-state index contributed by atoms with van der Waals surface area (Å²) in [7, 11) is 1.72. The average Bonchev–Trinajstić information content (AvgIpc) is 2.75. The Hall–Kier alpha value is -0.940. The molecular formula is C12H21N3O2. The first-order valence-corrected chi connectivity index (χ1v) is 6.34. The zero-order valence-corrected chi connectivity index (χ0v) is 10.8. The number of aromatic nitrogens is 2. The number of hydrogen-bond acceptors (Lipinski definition) is 5. The first-order valence-electron chi connectivity index (χ1n) is 6.34. The second kappa shape index (κ2) is 5.14. The number of hydrogen-bond donors (Lipinski definition) is 1. The van der Waals surface area contributed by atoms with Gasteiger partial charge < -0.3 is 14.6 Å². The Labute approximate surface area is 102 Å². The predicted octanol–water partition coefficient (Wildman–Crippen LogP) is 2.16. The highest BCUT2D eigenvalue weighted by Gasteiger charge is 2.43. The summed E-state index contributed by atoms with van der Waals surface area (Å²) >= 11 is 0. The first-order chi connectivity index (χ1) is 8.22. The van der Waals surface area contributed by atoms with Gasteiger partial charge >= 0.3 is 0 Å². The molecule has 0 aliphatic heterocycles. The Morgan fingerprint density at radius 2 is 2.29 bits per heavy atom. The predicted molar refractivity (Wildman–Crippen MR) is 63.5 cm³/mol. The smallest absolute Gasteiger partial charge is 0.243 e. The van der Waals surface area contributed by atoms with Crippen LogP contribution in [0.25, 0.3) is 0 Å². The Morgan fingerprint density at radius 3 is 2.82 bits per heavy atom. The zero-order chi connectivity index (χ0) is 12.3. The van der Waals surface area contributed by atoms with E-state index in [1.807, 2.05) is 6.92 Å². The molecule has 0 radical (unpaired) electrons. The summed E-state index contributed by atoms with van der Waals surface area (Å²) in [6.07, 6.45) is 4.23. The van der Waals surface area contributed by atoms with Crippen molar-refractivity contribution in [2.45, 2.75) is 51.2 Å². The van der Waals surface area contributed by atoms with E-state index in [2.05, 4.69) is 22.4 Å². The molecule has 1 saturated carbocycles. The van der Waals surface area contributed by atoms with Gasteiger partial charge in [0.05, 0.1) is 6.04 Å². The van der Waals surface area contributed by atoms with Crippen molar-refractivity contribution in [3.8, 4) is 0 Å². The van der Waals surface area contributed by atoms with Gasteiger partial charge in [0, 0.05) is 7.11 Å². The highest BCUT2D eigenvalue weighted by atomic mass is 16.5. The average molecular weight is 239 g/mol. The minimum Gasteiger partial charge on any atom is -0.370 e. The van der Waals surface area contributed by atoms with Crippen LogP contribution in [0.2, 0.25) is 0 Å². The Balaban J connectivity index is 2.05. The van der Waals surface area contributed by atoms with Crippen LogP contribution in [-0.2, 0) is 10.3 Å². The van der Waals surface area contributed by atoms with Crippen LogP contribution in [0, 0.1) is 0 Å². The van der Waals surface area contributed by atoms with Crippen molar-refractivity contribution in [1.82, 2.24) is 15.5 Å². The standard InChI is InChI=1S/C12H21N3O2/c1-4-8-13-9(2)10-14-11(15-17-10)12(16-3)6-5-7-12/h9,13H,4-8H2,1-3H3. The van der Waals surface area contributed by atoms with Gasteiger partial charge in [-0.1, -0.05) is 12.1 Å². The van der Waals surface area contributed by atoms with E-state index in [9.17, 15) is 0 Å². The fourth-order valence-electron chi connectivity index (χ4n) is 2.06. The molecule has 0 aromatic carbocycles. The fourth-order valence-corrected chi connectivity index (χ4v) is 2.06. The molecule has 0 saturated heterocycles. The van der Waals surface area contributed by atoms with Crippen molar-refractivity contribution in [2.24, 2.45) is 0 Å². The largest absolute Gasteiger partial charge is 0.370 e. The molecule has 1 aromatic heterocycles. The van der Waals surface area contributed by atoms with Gasteiger partial charge in [-0.25, -0.2) is 0 Å². The third-order valence-electron chi connectivity index (χ3n) is 3.47. The van der Waals surface area contributed by atoms with Crippen LogP contribution >= 0.6 is 0 Å².